The molecule has 0 aromatic carbocycles. The van der Waals surface area contributed by atoms with E-state index < -0.39 is 12.3 Å². The topological polar surface area (TPSA) is 121 Å². The molecule has 0 aliphatic heterocycles. The molecule has 2 N–H and O–H groups in total. The van der Waals surface area contributed by atoms with E-state index in [1.165, 1.54) is 0 Å². The molecule has 0 spiro atoms. The largest absolute Gasteiger partial charge is 1.00 e. The summed E-state index contributed by atoms with van der Waals surface area (Å²) in [5.74, 6) is 0. The molecular formula is C2H4IKO6. The summed E-state index contributed by atoms with van der Waals surface area (Å²) in [6.45, 7) is 0. The zero-order valence-electron chi connectivity index (χ0n) is 4.97. The van der Waals surface area contributed by atoms with E-state index in [1.807, 2.05) is 0 Å². The summed E-state index contributed by atoms with van der Waals surface area (Å²) in [6.07, 6.45) is -4.17. The zero-order valence-corrected chi connectivity index (χ0v) is 10.7. The van der Waals surface area contributed by atoms with Crippen molar-refractivity contribution < 1.29 is 105 Å². The van der Waals surface area contributed by atoms with Gasteiger partial charge in [0.05, 0.1) is 0 Å². The Kier molecular flexibility index (Phi) is 37.0. The first-order chi connectivity index (χ1) is 3.46. The van der Waals surface area contributed by atoms with Crippen molar-refractivity contribution in [3.63, 3.8) is 0 Å². The van der Waals surface area contributed by atoms with E-state index in [4.69, 9.17) is 30.0 Å². The van der Waals surface area contributed by atoms with Crippen molar-refractivity contribution in [2.24, 2.45) is 0 Å². The van der Waals surface area contributed by atoms with Crippen molar-refractivity contribution in [1.82, 2.24) is 0 Å². The molecule has 0 unspecified atom stereocenters. The Morgan fingerprint density at radius 2 is 1.00 bits per heavy atom. The molecule has 0 aromatic rings. The third-order valence-corrected chi connectivity index (χ3v) is 0. The van der Waals surface area contributed by atoms with Crippen LogP contribution in [0.5, 0.6) is 0 Å². The molecular weight excluding hydrogens is 286 g/mol. The third kappa shape index (κ3) is 678. The van der Waals surface area contributed by atoms with Gasteiger partial charge in [-0.1, -0.05) is 0 Å². The molecule has 0 aromatic heterocycles. The normalized spacial score (nSPS) is 4.80. The third-order valence-electron chi connectivity index (χ3n) is 0. The molecule has 0 amide bonds. The van der Waals surface area contributed by atoms with Gasteiger partial charge in [0.15, 0.2) is 0 Å². The minimum absolute atomic E-state index is 0. The van der Waals surface area contributed by atoms with Gasteiger partial charge < -0.3 is 30.0 Å². The average Bonchev–Trinajstić information content (AvgIpc) is 1.25. The minimum Gasteiger partial charge on any atom is -0.565 e. The van der Waals surface area contributed by atoms with Gasteiger partial charge in [0.2, 0.25) is 36.3 Å². The fourth-order valence-corrected chi connectivity index (χ4v) is 0. The molecule has 0 heterocycles. The smallest absolute Gasteiger partial charge is 0.565 e. The van der Waals surface area contributed by atoms with Crippen LogP contribution in [0.25, 0.3) is 0 Å². The van der Waals surface area contributed by atoms with Crippen molar-refractivity contribution >= 4 is 12.3 Å². The minimum atomic E-state index is -2.08. The van der Waals surface area contributed by atoms with Crippen molar-refractivity contribution in [1.29, 1.82) is 0 Å². The van der Waals surface area contributed by atoms with E-state index in [2.05, 4.69) is 0 Å². The first kappa shape index (κ1) is 22.4. The first-order valence-electron chi connectivity index (χ1n) is 1.26. The molecule has 0 radical (unpaired) electrons. The van der Waals surface area contributed by atoms with Crippen LogP contribution in [0.2, 0.25) is 0 Å². The van der Waals surface area contributed by atoms with Gasteiger partial charge >= 0.3 is 51.4 Å². The zero-order chi connectivity index (χ0) is 7.15. The van der Waals surface area contributed by atoms with Gasteiger partial charge in [-0.2, -0.15) is 0 Å². The van der Waals surface area contributed by atoms with Gasteiger partial charge in [0.25, 0.3) is 0 Å². The number of carboxylic acid groups (broad SMARTS) is 4. The van der Waals surface area contributed by atoms with E-state index in [0.29, 0.717) is 0 Å². The van der Waals surface area contributed by atoms with Gasteiger partial charge in [-0.3, -0.25) is 0 Å². The van der Waals surface area contributed by atoms with Crippen LogP contribution in [0.3, 0.4) is 0 Å². The number of hydrogen-bond donors (Lipinski definition) is 2. The summed E-state index contributed by atoms with van der Waals surface area (Å²) in [5, 5.41) is 30.6. The molecule has 0 fully saturated rings. The SMILES string of the molecule is O=C([O-])O.O=C([O-])O.[IH2+].[K+]. The molecule has 0 atom stereocenters. The van der Waals surface area contributed by atoms with Gasteiger partial charge in [-0.15, -0.1) is 0 Å². The van der Waals surface area contributed by atoms with Crippen molar-refractivity contribution in [3.8, 4) is 0 Å². The molecule has 0 aliphatic rings. The van der Waals surface area contributed by atoms with Crippen molar-refractivity contribution in [2.45, 2.75) is 0 Å². The molecule has 0 saturated carbocycles. The van der Waals surface area contributed by atoms with Gasteiger partial charge in [-0.05, 0) is 0 Å². The Hall–Kier alpha value is 0.906. The molecule has 0 aliphatic carbocycles. The van der Waals surface area contributed by atoms with Crippen LogP contribution in [-0.2, 0) is 0 Å². The molecule has 0 bridgehead atoms. The maximum atomic E-state index is 8.44. The number of halogens is 1. The Labute approximate surface area is 116 Å². The Bertz CT molecular complexity index is 73.7. The summed E-state index contributed by atoms with van der Waals surface area (Å²) in [6, 6.07) is 0. The van der Waals surface area contributed by atoms with Crippen LogP contribution >= 0.6 is 0 Å². The molecule has 0 saturated heterocycles. The molecule has 10 heavy (non-hydrogen) atoms. The number of hydrogen-bond acceptors (Lipinski definition) is 4. The fraction of sp³-hybridized carbons (Fsp3) is 0. The Morgan fingerprint density at radius 3 is 1.00 bits per heavy atom. The van der Waals surface area contributed by atoms with E-state index in [-0.39, 0.29) is 75.4 Å². The maximum absolute atomic E-state index is 8.44. The predicted octanol–water partition coefficient (Wildman–Crippen LogP) is -8.75. The van der Waals surface area contributed by atoms with Gasteiger partial charge in [0.1, 0.15) is 0 Å². The second-order valence-electron chi connectivity index (χ2n) is 0.532. The van der Waals surface area contributed by atoms with E-state index in [9.17, 15) is 0 Å². The summed E-state index contributed by atoms with van der Waals surface area (Å²) in [4.78, 5) is 16.9. The van der Waals surface area contributed by atoms with Crippen LogP contribution in [0, 0.1) is 0 Å². The molecule has 0 rings (SSSR count). The van der Waals surface area contributed by atoms with E-state index in [1.54, 1.807) is 0 Å². The van der Waals surface area contributed by atoms with E-state index >= 15 is 0 Å². The van der Waals surface area contributed by atoms with E-state index in [0.717, 1.165) is 0 Å². The van der Waals surface area contributed by atoms with Crippen LogP contribution in [-0.4, -0.2) is 22.5 Å². The maximum Gasteiger partial charge on any atom is 1.00 e. The second-order valence-corrected chi connectivity index (χ2v) is 0.532. The standard InChI is InChI=1S/2CH2O3.H2I.K/c2*2-1(3)4;;/h2*(H2,2,3,4);1H2;/q;;2*+1/p-2. The number of rotatable bonds is 0. The first-order valence-corrected chi connectivity index (χ1v) is 1.26. The predicted molar refractivity (Wildman–Crippen MR) is 18.8 cm³/mol. The van der Waals surface area contributed by atoms with Crippen molar-refractivity contribution in [2.75, 3.05) is 0 Å². The summed E-state index contributed by atoms with van der Waals surface area (Å²) < 4.78 is 0. The van der Waals surface area contributed by atoms with Crippen LogP contribution in [0.4, 0.5) is 9.59 Å². The fourth-order valence-electron chi connectivity index (χ4n) is 0. The second kappa shape index (κ2) is 16.5. The summed E-state index contributed by atoms with van der Waals surface area (Å²) in [5.41, 5.74) is 0. The van der Waals surface area contributed by atoms with Crippen LogP contribution in [0.1, 0.15) is 0 Å². The quantitative estimate of drug-likeness (QED) is 0.337. The summed E-state index contributed by atoms with van der Waals surface area (Å²) >= 11 is 0. The Balaban J connectivity index is -0.0000000300. The monoisotopic (exact) mass is 290 g/mol. The average molecular weight is 290 g/mol. The van der Waals surface area contributed by atoms with Gasteiger partial charge in [0, 0.05) is 0 Å². The Morgan fingerprint density at radius 1 is 1.00 bits per heavy atom. The van der Waals surface area contributed by atoms with Gasteiger partial charge in [-0.25, -0.2) is 0 Å². The molecule has 8 heteroatoms. The van der Waals surface area contributed by atoms with Crippen molar-refractivity contribution in [3.05, 3.63) is 0 Å². The van der Waals surface area contributed by atoms with Crippen LogP contribution in [0.15, 0.2) is 0 Å². The summed E-state index contributed by atoms with van der Waals surface area (Å²) in [7, 11) is 0. The number of carbonyl (C=O) groups is 2. The molecule has 56 valence electrons. The molecule has 6 nitrogen and oxygen atoms in total. The van der Waals surface area contributed by atoms with Crippen LogP contribution < -0.4 is 85.6 Å².